The van der Waals surface area contributed by atoms with E-state index in [2.05, 4.69) is 28.2 Å². The largest absolute Gasteiger partial charge is 0.496 e. The number of piperidine rings is 1. The van der Waals surface area contributed by atoms with E-state index in [1.165, 1.54) is 0 Å². The Bertz CT molecular complexity index is 771. The Kier molecular flexibility index (Phi) is 6.24. The second-order valence-corrected chi connectivity index (χ2v) is 6.98. The number of carbonyl (C=O) groups excluding carboxylic acids is 2. The van der Waals surface area contributed by atoms with E-state index in [1.807, 2.05) is 19.9 Å². The number of hydrogen-bond donors (Lipinski definition) is 2. The lowest BCUT2D eigenvalue weighted by Gasteiger charge is -2.32. The average Bonchev–Trinajstić information content (AvgIpc) is 3.06. The zero-order chi connectivity index (χ0) is 20.3. The highest BCUT2D eigenvalue weighted by molar-refractivity contribution is 6.02. The van der Waals surface area contributed by atoms with Crippen molar-refractivity contribution >= 4 is 17.5 Å². The van der Waals surface area contributed by atoms with Gasteiger partial charge in [-0.05, 0) is 18.1 Å². The predicted octanol–water partition coefficient (Wildman–Crippen LogP) is 1.88. The van der Waals surface area contributed by atoms with Crippen molar-refractivity contribution in [2.45, 2.75) is 39.3 Å². The number of amides is 2. The number of carbonyl (C=O) groups is 2. The van der Waals surface area contributed by atoms with E-state index in [1.54, 1.807) is 12.0 Å². The number of nitrogens with zero attached hydrogens (tertiary/aromatic N) is 2. The molecular weight excluding hydrogens is 356 g/mol. The highest BCUT2D eigenvalue weighted by Crippen LogP contribution is 2.38. The van der Waals surface area contributed by atoms with Gasteiger partial charge in [0.25, 0.3) is 5.91 Å². The van der Waals surface area contributed by atoms with Crippen molar-refractivity contribution in [3.8, 4) is 5.75 Å². The number of benzene rings is 1. The molecule has 0 radical (unpaired) electrons. The molecule has 1 atom stereocenters. The Morgan fingerprint density at radius 1 is 1.18 bits per heavy atom. The van der Waals surface area contributed by atoms with Crippen molar-refractivity contribution in [2.24, 2.45) is 0 Å². The van der Waals surface area contributed by atoms with Crippen molar-refractivity contribution in [1.29, 1.82) is 0 Å². The minimum atomic E-state index is -0.167. The molecule has 0 aliphatic carbocycles. The number of nitrogens with one attached hydrogen (secondary N) is 2. The summed E-state index contributed by atoms with van der Waals surface area (Å²) in [6, 6.07) is 3.90. The molecule has 3 aliphatic heterocycles. The summed E-state index contributed by atoms with van der Waals surface area (Å²) in [6.07, 6.45) is 1.02. The van der Waals surface area contributed by atoms with Gasteiger partial charge in [-0.1, -0.05) is 20.4 Å². The number of fused-ring (bicyclic) bond motifs is 1. The first-order chi connectivity index (χ1) is 13.6. The molecule has 3 heterocycles. The van der Waals surface area contributed by atoms with Crippen LogP contribution in [0.5, 0.6) is 5.75 Å². The Balaban J connectivity index is 0.00000109. The van der Waals surface area contributed by atoms with E-state index in [4.69, 9.17) is 4.74 Å². The van der Waals surface area contributed by atoms with Gasteiger partial charge in [-0.15, -0.1) is 0 Å². The summed E-state index contributed by atoms with van der Waals surface area (Å²) >= 11 is 0. The van der Waals surface area contributed by atoms with Crippen LogP contribution >= 0.6 is 0 Å². The van der Waals surface area contributed by atoms with Gasteiger partial charge in [0.05, 0.1) is 18.7 Å². The van der Waals surface area contributed by atoms with Gasteiger partial charge in [0.1, 0.15) is 5.75 Å². The SMILES string of the molecule is C=C1NC(=O)CCC1N1Cc2cc(N3CCNCC3)cc(OC)c2C1=O.CC. The fourth-order valence-corrected chi connectivity index (χ4v) is 4.05. The summed E-state index contributed by atoms with van der Waals surface area (Å²) in [5.74, 6) is 0.536. The van der Waals surface area contributed by atoms with E-state index in [0.29, 0.717) is 36.4 Å². The zero-order valence-electron chi connectivity index (χ0n) is 17.0. The van der Waals surface area contributed by atoms with Crippen LogP contribution < -0.4 is 20.3 Å². The minimum absolute atomic E-state index is 0.0333. The van der Waals surface area contributed by atoms with Gasteiger partial charge < -0.3 is 25.2 Å². The van der Waals surface area contributed by atoms with E-state index in [-0.39, 0.29) is 17.9 Å². The van der Waals surface area contributed by atoms with Crippen LogP contribution in [0.25, 0.3) is 0 Å². The second-order valence-electron chi connectivity index (χ2n) is 6.98. The normalized spacial score (nSPS) is 21.7. The second kappa shape index (κ2) is 8.65. The van der Waals surface area contributed by atoms with Crippen molar-refractivity contribution in [1.82, 2.24) is 15.5 Å². The molecule has 0 bridgehead atoms. The molecule has 1 aromatic carbocycles. The smallest absolute Gasteiger partial charge is 0.258 e. The summed E-state index contributed by atoms with van der Waals surface area (Å²) in [5.41, 5.74) is 3.31. The number of methoxy groups -OCH3 is 1. The zero-order valence-corrected chi connectivity index (χ0v) is 17.0. The van der Waals surface area contributed by atoms with E-state index >= 15 is 0 Å². The molecule has 152 valence electrons. The fourth-order valence-electron chi connectivity index (χ4n) is 4.05. The molecule has 0 saturated carbocycles. The standard InChI is InChI=1S/C19H24N4O3.C2H6/c1-12-15(3-4-17(24)21-12)23-11-13-9-14(22-7-5-20-6-8-22)10-16(26-2)18(13)19(23)25;1-2/h9-10,15,20H,1,3-8,11H2,2H3,(H,21,24);1-2H3. The van der Waals surface area contributed by atoms with Gasteiger partial charge in [0.2, 0.25) is 5.91 Å². The quantitative estimate of drug-likeness (QED) is 0.830. The van der Waals surface area contributed by atoms with Crippen LogP contribution in [0.3, 0.4) is 0 Å². The van der Waals surface area contributed by atoms with Crippen molar-refractivity contribution < 1.29 is 14.3 Å². The van der Waals surface area contributed by atoms with Crippen LogP contribution in [0.15, 0.2) is 24.4 Å². The first-order valence-corrected chi connectivity index (χ1v) is 10.0. The topological polar surface area (TPSA) is 73.9 Å². The summed E-state index contributed by atoms with van der Waals surface area (Å²) in [5, 5.41) is 6.12. The molecular formula is C21H30N4O3. The Labute approximate surface area is 166 Å². The number of anilines is 1. The van der Waals surface area contributed by atoms with Crippen LogP contribution in [0.4, 0.5) is 5.69 Å². The summed E-state index contributed by atoms with van der Waals surface area (Å²) in [7, 11) is 1.60. The Morgan fingerprint density at radius 3 is 2.54 bits per heavy atom. The van der Waals surface area contributed by atoms with Crippen LogP contribution in [-0.4, -0.2) is 56.0 Å². The van der Waals surface area contributed by atoms with Gasteiger partial charge in [0, 0.05) is 56.6 Å². The molecule has 3 aliphatic rings. The van der Waals surface area contributed by atoms with Crippen LogP contribution in [0.1, 0.15) is 42.6 Å². The molecule has 7 heteroatoms. The third-order valence-corrected chi connectivity index (χ3v) is 5.41. The molecule has 0 spiro atoms. The fraction of sp³-hybridized carbons (Fsp3) is 0.524. The minimum Gasteiger partial charge on any atom is -0.496 e. The number of rotatable bonds is 3. The first-order valence-electron chi connectivity index (χ1n) is 10.0. The molecule has 2 saturated heterocycles. The van der Waals surface area contributed by atoms with Gasteiger partial charge in [-0.3, -0.25) is 9.59 Å². The van der Waals surface area contributed by atoms with Crippen molar-refractivity contribution in [2.75, 3.05) is 38.2 Å². The third kappa shape index (κ3) is 3.71. The first kappa shape index (κ1) is 20.2. The third-order valence-electron chi connectivity index (χ3n) is 5.41. The lowest BCUT2D eigenvalue weighted by atomic mass is 10.0. The maximum atomic E-state index is 13.1. The average molecular weight is 386 g/mol. The van der Waals surface area contributed by atoms with E-state index in [0.717, 1.165) is 37.4 Å². The van der Waals surface area contributed by atoms with Crippen molar-refractivity contribution in [3.63, 3.8) is 0 Å². The highest BCUT2D eigenvalue weighted by Gasteiger charge is 2.38. The van der Waals surface area contributed by atoms with Gasteiger partial charge in [-0.25, -0.2) is 0 Å². The Hall–Kier alpha value is -2.54. The monoisotopic (exact) mass is 386 g/mol. The number of piperazine rings is 1. The molecule has 4 rings (SSSR count). The highest BCUT2D eigenvalue weighted by atomic mass is 16.5. The van der Waals surface area contributed by atoms with E-state index < -0.39 is 0 Å². The van der Waals surface area contributed by atoms with Crippen LogP contribution in [0, 0.1) is 0 Å². The molecule has 2 fully saturated rings. The van der Waals surface area contributed by atoms with E-state index in [9.17, 15) is 9.59 Å². The summed E-state index contributed by atoms with van der Waals surface area (Å²) in [6.45, 7) is 12.2. The maximum Gasteiger partial charge on any atom is 0.258 e. The number of hydrogen-bond acceptors (Lipinski definition) is 5. The number of ether oxygens (including phenoxy) is 1. The van der Waals surface area contributed by atoms with Crippen molar-refractivity contribution in [3.05, 3.63) is 35.5 Å². The van der Waals surface area contributed by atoms with Gasteiger partial charge >= 0.3 is 0 Å². The van der Waals surface area contributed by atoms with Gasteiger partial charge in [0.15, 0.2) is 0 Å². The Morgan fingerprint density at radius 2 is 1.89 bits per heavy atom. The molecule has 2 N–H and O–H groups in total. The summed E-state index contributed by atoms with van der Waals surface area (Å²) < 4.78 is 5.56. The molecule has 0 aromatic heterocycles. The van der Waals surface area contributed by atoms with Crippen LogP contribution in [-0.2, 0) is 11.3 Å². The maximum absolute atomic E-state index is 13.1. The molecule has 1 aromatic rings. The lowest BCUT2D eigenvalue weighted by Crippen LogP contribution is -2.45. The summed E-state index contributed by atoms with van der Waals surface area (Å²) in [4.78, 5) is 28.7. The van der Waals surface area contributed by atoms with Gasteiger partial charge in [-0.2, -0.15) is 0 Å². The molecule has 28 heavy (non-hydrogen) atoms. The predicted molar refractivity (Wildman–Crippen MR) is 110 cm³/mol. The van der Waals surface area contributed by atoms with Crippen LogP contribution in [0.2, 0.25) is 0 Å². The molecule has 7 nitrogen and oxygen atoms in total. The lowest BCUT2D eigenvalue weighted by molar-refractivity contribution is -0.121. The molecule has 2 amide bonds. The molecule has 1 unspecified atom stereocenters.